The van der Waals surface area contributed by atoms with Crippen molar-refractivity contribution in [3.8, 4) is 5.69 Å². The zero-order valence-corrected chi connectivity index (χ0v) is 14.2. The van der Waals surface area contributed by atoms with Crippen molar-refractivity contribution in [3.05, 3.63) is 28.7 Å². The molecule has 0 unspecified atom stereocenters. The van der Waals surface area contributed by atoms with E-state index < -0.39 is 9.84 Å². The van der Waals surface area contributed by atoms with Crippen LogP contribution in [0.1, 0.15) is 13.3 Å². The summed E-state index contributed by atoms with van der Waals surface area (Å²) in [5, 5.41) is 7.31. The second-order valence-corrected chi connectivity index (χ2v) is 7.52. The minimum absolute atomic E-state index is 0.0406. The number of benzene rings is 1. The minimum Gasteiger partial charge on any atom is -0.382 e. The summed E-state index contributed by atoms with van der Waals surface area (Å²) in [4.78, 5) is 0.0406. The lowest BCUT2D eigenvalue weighted by molar-refractivity contribution is 0.602. The van der Waals surface area contributed by atoms with Crippen LogP contribution in [-0.4, -0.2) is 31.0 Å². The Hall–Kier alpha value is -1.54. The van der Waals surface area contributed by atoms with Gasteiger partial charge in [0.1, 0.15) is 5.82 Å². The molecule has 0 radical (unpaired) electrons. The van der Waals surface area contributed by atoms with Gasteiger partial charge in [-0.3, -0.25) is 0 Å². The number of hydrogen-bond donors (Lipinski definition) is 2. The fourth-order valence-corrected chi connectivity index (χ4v) is 3.12. The van der Waals surface area contributed by atoms with Gasteiger partial charge in [0.05, 0.1) is 5.69 Å². The van der Waals surface area contributed by atoms with E-state index >= 15 is 0 Å². The van der Waals surface area contributed by atoms with Crippen molar-refractivity contribution in [2.75, 3.05) is 23.9 Å². The highest BCUT2D eigenvalue weighted by molar-refractivity contribution is 9.10. The number of nitrogens with one attached hydrogen (secondary N) is 1. The molecule has 1 aromatic carbocycles. The molecule has 1 heterocycles. The van der Waals surface area contributed by atoms with Crippen molar-refractivity contribution < 1.29 is 8.42 Å². The second kappa shape index (κ2) is 6.07. The van der Waals surface area contributed by atoms with Crippen LogP contribution in [0.3, 0.4) is 0 Å². The van der Waals surface area contributed by atoms with Gasteiger partial charge in [0.15, 0.2) is 20.6 Å². The van der Waals surface area contributed by atoms with E-state index in [0.29, 0.717) is 18.1 Å². The summed E-state index contributed by atoms with van der Waals surface area (Å²) in [6, 6.07) is 7.30. The predicted octanol–water partition coefficient (Wildman–Crippen LogP) is 2.44. The van der Waals surface area contributed by atoms with Gasteiger partial charge in [0, 0.05) is 17.3 Å². The Bertz CT molecular complexity index is 738. The van der Waals surface area contributed by atoms with Crippen molar-refractivity contribution in [3.63, 3.8) is 0 Å². The van der Waals surface area contributed by atoms with Crippen LogP contribution >= 0.6 is 15.9 Å². The molecule has 0 aliphatic rings. The fraction of sp³-hybridized carbons (Fsp3) is 0.308. The predicted molar refractivity (Wildman–Crippen MR) is 87.6 cm³/mol. The minimum atomic E-state index is -3.47. The molecule has 0 aliphatic heterocycles. The van der Waals surface area contributed by atoms with E-state index in [1.165, 1.54) is 4.68 Å². The standard InChI is InChI=1S/C13H17BrN4O2S/c1-3-8-16-13-11(21(2,19)20)12(15)18(17-13)10-6-4-9(14)5-7-10/h4-7H,3,8,15H2,1-2H3,(H,16,17). The number of rotatable bonds is 5. The normalized spacial score (nSPS) is 11.6. The van der Waals surface area contributed by atoms with Gasteiger partial charge >= 0.3 is 0 Å². The van der Waals surface area contributed by atoms with Gasteiger partial charge in [-0.05, 0) is 30.7 Å². The van der Waals surface area contributed by atoms with Crippen molar-refractivity contribution in [1.29, 1.82) is 0 Å². The third kappa shape index (κ3) is 3.38. The van der Waals surface area contributed by atoms with E-state index in [4.69, 9.17) is 5.73 Å². The van der Waals surface area contributed by atoms with Crippen LogP contribution < -0.4 is 11.1 Å². The first-order valence-corrected chi connectivity index (χ1v) is 9.11. The molecule has 3 N–H and O–H groups in total. The lowest BCUT2D eigenvalue weighted by Crippen LogP contribution is -2.07. The van der Waals surface area contributed by atoms with Crippen LogP contribution in [0.5, 0.6) is 0 Å². The molecule has 2 rings (SSSR count). The average Bonchev–Trinajstić information content (AvgIpc) is 2.74. The molecule has 2 aromatic rings. The summed E-state index contributed by atoms with van der Waals surface area (Å²) < 4.78 is 26.3. The van der Waals surface area contributed by atoms with Crippen LogP contribution in [0, 0.1) is 0 Å². The van der Waals surface area contributed by atoms with Gasteiger partial charge in [-0.1, -0.05) is 22.9 Å². The molecule has 21 heavy (non-hydrogen) atoms. The molecule has 0 bridgehead atoms. The number of aromatic nitrogens is 2. The highest BCUT2D eigenvalue weighted by atomic mass is 79.9. The topological polar surface area (TPSA) is 90.0 Å². The van der Waals surface area contributed by atoms with E-state index in [0.717, 1.165) is 17.1 Å². The highest BCUT2D eigenvalue weighted by Crippen LogP contribution is 2.29. The van der Waals surface area contributed by atoms with Crippen molar-refractivity contribution >= 4 is 37.4 Å². The third-order valence-electron chi connectivity index (χ3n) is 2.86. The number of nitrogens with zero attached hydrogens (tertiary/aromatic N) is 2. The van der Waals surface area contributed by atoms with Crippen molar-refractivity contribution in [2.24, 2.45) is 0 Å². The Morgan fingerprint density at radius 1 is 1.33 bits per heavy atom. The van der Waals surface area contributed by atoms with E-state index in [2.05, 4.69) is 26.3 Å². The van der Waals surface area contributed by atoms with Crippen molar-refractivity contribution in [1.82, 2.24) is 9.78 Å². The smallest absolute Gasteiger partial charge is 0.182 e. The zero-order valence-electron chi connectivity index (χ0n) is 11.8. The molecular weight excluding hydrogens is 356 g/mol. The van der Waals surface area contributed by atoms with Gasteiger partial charge in [0.2, 0.25) is 0 Å². The van der Waals surface area contributed by atoms with Gasteiger partial charge in [-0.25, -0.2) is 13.1 Å². The number of sulfone groups is 1. The van der Waals surface area contributed by atoms with Gasteiger partial charge in [-0.15, -0.1) is 5.10 Å². The molecule has 0 atom stereocenters. The Morgan fingerprint density at radius 3 is 2.48 bits per heavy atom. The van der Waals surface area contributed by atoms with Crippen LogP contribution in [0.4, 0.5) is 11.6 Å². The van der Waals surface area contributed by atoms with Gasteiger partial charge in [0.25, 0.3) is 0 Å². The van der Waals surface area contributed by atoms with Gasteiger partial charge in [-0.2, -0.15) is 0 Å². The SMILES string of the molecule is CCCNc1nn(-c2ccc(Br)cc2)c(N)c1S(C)(=O)=O. The molecule has 0 aliphatic carbocycles. The first kappa shape index (κ1) is 15.8. The Labute approximate surface area is 132 Å². The third-order valence-corrected chi connectivity index (χ3v) is 4.53. The van der Waals surface area contributed by atoms with E-state index in [1.54, 1.807) is 0 Å². The number of nitrogen functional groups attached to an aromatic ring is 1. The Morgan fingerprint density at radius 2 is 1.95 bits per heavy atom. The van der Waals surface area contributed by atoms with E-state index in [1.807, 2.05) is 31.2 Å². The average molecular weight is 373 g/mol. The Balaban J connectivity index is 2.58. The summed E-state index contributed by atoms with van der Waals surface area (Å²) in [6.45, 7) is 2.61. The molecule has 8 heteroatoms. The first-order valence-electron chi connectivity index (χ1n) is 6.43. The molecule has 6 nitrogen and oxygen atoms in total. The van der Waals surface area contributed by atoms with E-state index in [9.17, 15) is 8.42 Å². The quantitative estimate of drug-likeness (QED) is 0.840. The van der Waals surface area contributed by atoms with E-state index in [-0.39, 0.29) is 10.7 Å². The van der Waals surface area contributed by atoms with Crippen LogP contribution in [0.25, 0.3) is 5.69 Å². The van der Waals surface area contributed by atoms with Crippen LogP contribution in [0.2, 0.25) is 0 Å². The summed E-state index contributed by atoms with van der Waals surface area (Å²) in [7, 11) is -3.47. The fourth-order valence-electron chi connectivity index (χ4n) is 1.92. The van der Waals surface area contributed by atoms with Crippen LogP contribution in [0.15, 0.2) is 33.6 Å². The highest BCUT2D eigenvalue weighted by Gasteiger charge is 2.24. The maximum atomic E-state index is 12.0. The molecule has 1 aromatic heterocycles. The molecule has 114 valence electrons. The molecular formula is C13H17BrN4O2S. The molecule has 0 saturated carbocycles. The maximum absolute atomic E-state index is 12.0. The molecule has 0 amide bonds. The lowest BCUT2D eigenvalue weighted by Gasteiger charge is -2.04. The van der Waals surface area contributed by atoms with Gasteiger partial charge < -0.3 is 11.1 Å². The Kier molecular flexibility index (Phi) is 4.58. The second-order valence-electron chi connectivity index (χ2n) is 4.65. The van der Waals surface area contributed by atoms with Crippen LogP contribution in [-0.2, 0) is 9.84 Å². The number of nitrogens with two attached hydrogens (primary N) is 1. The number of halogens is 1. The summed E-state index contributed by atoms with van der Waals surface area (Å²) >= 11 is 3.35. The lowest BCUT2D eigenvalue weighted by atomic mass is 10.3. The molecule has 0 saturated heterocycles. The number of hydrogen-bond acceptors (Lipinski definition) is 5. The first-order chi connectivity index (χ1) is 9.84. The summed E-state index contributed by atoms with van der Waals surface area (Å²) in [5.41, 5.74) is 6.70. The zero-order chi connectivity index (χ0) is 15.6. The summed E-state index contributed by atoms with van der Waals surface area (Å²) in [5.74, 6) is 0.401. The monoisotopic (exact) mass is 372 g/mol. The number of anilines is 2. The van der Waals surface area contributed by atoms with Crippen molar-refractivity contribution in [2.45, 2.75) is 18.2 Å². The molecule has 0 fully saturated rings. The summed E-state index contributed by atoms with van der Waals surface area (Å²) in [6.07, 6.45) is 1.98. The molecule has 0 spiro atoms. The maximum Gasteiger partial charge on any atom is 0.182 e. The largest absolute Gasteiger partial charge is 0.382 e.